The highest BCUT2D eigenvalue weighted by Gasteiger charge is 2.68. The molecule has 3 aromatic heterocycles. The Bertz CT molecular complexity index is 1480. The topological polar surface area (TPSA) is 140 Å². The molecule has 3 fully saturated rings. The average Bonchev–Trinajstić information content (AvgIpc) is 3.64. The number of rotatable bonds is 3. The van der Waals surface area contributed by atoms with E-state index >= 15 is 0 Å². The molecule has 3 aliphatic rings. The van der Waals surface area contributed by atoms with Gasteiger partial charge in [0.05, 0.1) is 5.69 Å². The normalized spacial score (nSPS) is 22.2. The van der Waals surface area contributed by atoms with Gasteiger partial charge in [0.15, 0.2) is 5.78 Å². The number of nitrogens with one attached hydrogen (secondary N) is 2. The van der Waals surface area contributed by atoms with Crippen LogP contribution < -0.4 is 16.4 Å². The van der Waals surface area contributed by atoms with E-state index in [1.807, 2.05) is 19.1 Å². The molecule has 4 N–H and O–H groups in total. The van der Waals surface area contributed by atoms with Gasteiger partial charge in [0.2, 0.25) is 11.8 Å². The number of anilines is 2. The quantitative estimate of drug-likeness (QED) is 0.384. The molecule has 182 valence electrons. The fourth-order valence-electron chi connectivity index (χ4n) is 5.49. The second-order valence-corrected chi connectivity index (χ2v) is 10.1. The lowest BCUT2D eigenvalue weighted by Crippen LogP contribution is -2.48. The summed E-state index contributed by atoms with van der Waals surface area (Å²) in [5.74, 6) is 0.427. The van der Waals surface area contributed by atoms with Crippen LogP contribution >= 0.6 is 0 Å². The van der Waals surface area contributed by atoms with E-state index in [1.54, 1.807) is 30.7 Å². The van der Waals surface area contributed by atoms with Gasteiger partial charge in [0.1, 0.15) is 22.6 Å². The van der Waals surface area contributed by atoms with Crippen LogP contribution in [0.25, 0.3) is 22.0 Å². The number of aromatic nitrogens is 3. The summed E-state index contributed by atoms with van der Waals surface area (Å²) in [6.07, 6.45) is 10.3. The molecule has 0 aromatic carbocycles. The molecule has 1 saturated heterocycles. The highest BCUT2D eigenvalue weighted by Crippen LogP contribution is 2.55. The highest BCUT2D eigenvalue weighted by atomic mass is 16.2. The number of ketones is 1. The van der Waals surface area contributed by atoms with Crippen molar-refractivity contribution in [1.29, 1.82) is 0 Å². The van der Waals surface area contributed by atoms with Gasteiger partial charge in [-0.2, -0.15) is 0 Å². The van der Waals surface area contributed by atoms with E-state index < -0.39 is 11.0 Å². The smallest absolute Gasteiger partial charge is 0.249 e. The summed E-state index contributed by atoms with van der Waals surface area (Å²) >= 11 is 0. The monoisotopic (exact) mass is 482 g/mol. The van der Waals surface area contributed by atoms with Crippen molar-refractivity contribution in [3.05, 3.63) is 54.0 Å². The second kappa shape index (κ2) is 7.94. The molecule has 0 atom stereocenters. The first-order valence-electron chi connectivity index (χ1n) is 12.1. The van der Waals surface area contributed by atoms with Gasteiger partial charge in [0, 0.05) is 35.6 Å². The number of amides is 2. The molecule has 1 aliphatic heterocycles. The molecule has 2 aliphatic carbocycles. The largest absolute Gasteiger partial charge is 0.383 e. The van der Waals surface area contributed by atoms with Crippen molar-refractivity contribution in [2.45, 2.75) is 51.0 Å². The summed E-state index contributed by atoms with van der Waals surface area (Å²) in [4.78, 5) is 51.0. The fourth-order valence-corrected chi connectivity index (χ4v) is 5.49. The van der Waals surface area contributed by atoms with Gasteiger partial charge in [-0.1, -0.05) is 5.57 Å². The Labute approximate surface area is 207 Å². The third-order valence-corrected chi connectivity index (χ3v) is 7.80. The highest BCUT2D eigenvalue weighted by molar-refractivity contribution is 6.19. The van der Waals surface area contributed by atoms with E-state index in [0.29, 0.717) is 61.2 Å². The van der Waals surface area contributed by atoms with E-state index in [2.05, 4.69) is 25.6 Å². The number of hydrogen-bond acceptors (Lipinski definition) is 7. The van der Waals surface area contributed by atoms with Crippen LogP contribution in [-0.2, 0) is 14.4 Å². The molecule has 0 unspecified atom stereocenters. The zero-order chi connectivity index (χ0) is 25.1. The average molecular weight is 483 g/mol. The minimum absolute atomic E-state index is 0.0541. The molecular weight excluding hydrogens is 456 g/mol. The molecule has 3 aromatic rings. The Hall–Kier alpha value is -4.14. The van der Waals surface area contributed by atoms with Crippen LogP contribution in [0.1, 0.15) is 44.1 Å². The third-order valence-electron chi connectivity index (χ3n) is 7.80. The number of carbonyl (C=O) groups is 3. The van der Waals surface area contributed by atoms with Crippen LogP contribution in [0.5, 0.6) is 0 Å². The van der Waals surface area contributed by atoms with Crippen LogP contribution in [0.4, 0.5) is 11.6 Å². The molecule has 9 nitrogen and oxygen atoms in total. The molecule has 2 spiro atoms. The zero-order valence-electron chi connectivity index (χ0n) is 19.9. The van der Waals surface area contributed by atoms with E-state index in [1.165, 1.54) is 0 Å². The van der Waals surface area contributed by atoms with Gasteiger partial charge in [-0.05, 0) is 74.6 Å². The van der Waals surface area contributed by atoms with Crippen molar-refractivity contribution in [3.63, 3.8) is 0 Å². The Kier molecular flexibility index (Phi) is 4.93. The first-order valence-corrected chi connectivity index (χ1v) is 12.1. The summed E-state index contributed by atoms with van der Waals surface area (Å²) < 4.78 is 0. The molecule has 36 heavy (non-hydrogen) atoms. The summed E-state index contributed by atoms with van der Waals surface area (Å²) in [6, 6.07) is 5.60. The van der Waals surface area contributed by atoms with Crippen LogP contribution in [0.3, 0.4) is 0 Å². The number of hydrogen-bond donors (Lipinski definition) is 3. The number of Topliss-reactive ketones (excluding diaryl/α,β-unsaturated/α-hetero) is 1. The van der Waals surface area contributed by atoms with Gasteiger partial charge in [-0.3, -0.25) is 19.4 Å². The minimum Gasteiger partial charge on any atom is -0.383 e. The number of nitrogen functional groups attached to an aromatic ring is 1. The maximum atomic E-state index is 12.9. The predicted octanol–water partition coefficient (Wildman–Crippen LogP) is 3.24. The van der Waals surface area contributed by atoms with Crippen LogP contribution in [0.15, 0.2) is 48.4 Å². The van der Waals surface area contributed by atoms with E-state index in [0.717, 1.165) is 22.1 Å². The predicted molar refractivity (Wildman–Crippen MR) is 135 cm³/mol. The number of pyridine rings is 3. The number of aryl methyl sites for hydroxylation is 1. The van der Waals surface area contributed by atoms with Crippen molar-refractivity contribution in [3.8, 4) is 11.3 Å². The van der Waals surface area contributed by atoms with E-state index in [9.17, 15) is 14.4 Å². The molecule has 0 bridgehead atoms. The van der Waals surface area contributed by atoms with E-state index in [4.69, 9.17) is 5.73 Å². The van der Waals surface area contributed by atoms with Crippen molar-refractivity contribution in [2.24, 2.45) is 5.41 Å². The first-order chi connectivity index (χ1) is 17.3. The standard InChI is InChI=1S/C27H26N6O3/c1-15-4-9-29-13-18(15)20-11-17-12-21(30-14-19(17)23(28)31-20)32-22(34)10-16-2-5-27(6-3-16)24(35)26(7-8-26)25(36)33-27/h4,9-14H,2-3,5-8H2,1H3,(H2,28,31)(H,33,36)(H,30,32,34). The number of allylic oxidation sites excluding steroid dienone is 1. The minimum atomic E-state index is -0.755. The molecular formula is C27H26N6O3. The van der Waals surface area contributed by atoms with Crippen molar-refractivity contribution in [1.82, 2.24) is 20.3 Å². The molecule has 6 rings (SSSR count). The van der Waals surface area contributed by atoms with Crippen molar-refractivity contribution >= 4 is 40.0 Å². The molecule has 9 heteroatoms. The molecule has 2 saturated carbocycles. The van der Waals surface area contributed by atoms with Crippen LogP contribution in [-0.4, -0.2) is 38.1 Å². The Morgan fingerprint density at radius 3 is 2.61 bits per heavy atom. The molecule has 4 heterocycles. The van der Waals surface area contributed by atoms with Crippen LogP contribution in [0, 0.1) is 12.3 Å². The summed E-state index contributed by atoms with van der Waals surface area (Å²) in [5, 5.41) is 7.32. The van der Waals surface area contributed by atoms with Gasteiger partial charge in [0.25, 0.3) is 0 Å². The second-order valence-electron chi connectivity index (χ2n) is 10.1. The van der Waals surface area contributed by atoms with Crippen molar-refractivity contribution < 1.29 is 14.4 Å². The van der Waals surface area contributed by atoms with Gasteiger partial charge >= 0.3 is 0 Å². The lowest BCUT2D eigenvalue weighted by molar-refractivity contribution is -0.130. The lowest BCUT2D eigenvalue weighted by Gasteiger charge is -2.33. The maximum absolute atomic E-state index is 12.9. The number of nitrogens with zero attached hydrogens (tertiary/aromatic N) is 3. The van der Waals surface area contributed by atoms with Crippen molar-refractivity contribution in [2.75, 3.05) is 11.1 Å². The first kappa shape index (κ1) is 22.3. The molecule has 0 radical (unpaired) electrons. The Morgan fingerprint density at radius 2 is 1.92 bits per heavy atom. The summed E-state index contributed by atoms with van der Waals surface area (Å²) in [6.45, 7) is 1.98. The van der Waals surface area contributed by atoms with Gasteiger partial charge in [-0.25, -0.2) is 9.97 Å². The Balaban J connectivity index is 1.18. The zero-order valence-corrected chi connectivity index (χ0v) is 19.9. The van der Waals surface area contributed by atoms with Gasteiger partial charge < -0.3 is 16.4 Å². The summed E-state index contributed by atoms with van der Waals surface area (Å²) in [7, 11) is 0. The lowest BCUT2D eigenvalue weighted by atomic mass is 9.75. The fraction of sp³-hybridized carbons (Fsp3) is 0.333. The number of fused-ring (bicyclic) bond motifs is 1. The number of nitrogens with two attached hydrogens (primary N) is 1. The maximum Gasteiger partial charge on any atom is 0.249 e. The van der Waals surface area contributed by atoms with Gasteiger partial charge in [-0.15, -0.1) is 0 Å². The molecule has 2 amide bonds. The van der Waals surface area contributed by atoms with Crippen LogP contribution in [0.2, 0.25) is 0 Å². The van der Waals surface area contributed by atoms with E-state index in [-0.39, 0.29) is 17.6 Å². The SMILES string of the molecule is Cc1ccncc1-c1cc2cc(NC(=O)C=C3CCC4(CC3)NC(=O)C3(CC3)C4=O)ncc2c(N)n1. The third kappa shape index (κ3) is 3.54. The number of carbonyl (C=O) groups excluding carboxylic acids is 3. The Morgan fingerprint density at radius 1 is 1.14 bits per heavy atom. The summed E-state index contributed by atoms with van der Waals surface area (Å²) in [5.41, 5.74) is 8.27.